The lowest BCUT2D eigenvalue weighted by Crippen LogP contribution is -2.44. The Kier molecular flexibility index (Phi) is 6.67. The first-order valence-corrected chi connectivity index (χ1v) is 15.8. The van der Waals surface area contributed by atoms with Crippen molar-refractivity contribution in [3.63, 3.8) is 0 Å². The number of methoxy groups -OCH3 is 1. The number of H-pyrrole nitrogens is 1. The normalized spacial score (nSPS) is 29.7. The second-order valence-corrected chi connectivity index (χ2v) is 14.0. The fourth-order valence-corrected chi connectivity index (χ4v) is 10.7. The molecule has 3 heterocycles. The Morgan fingerprint density at radius 3 is 2.50 bits per heavy atom. The maximum atomic E-state index is 13.6. The number of halogens is 1. The van der Waals surface area contributed by atoms with Crippen LogP contribution in [-0.4, -0.2) is 51.2 Å². The van der Waals surface area contributed by atoms with Crippen molar-refractivity contribution in [3.05, 3.63) is 73.2 Å². The molecule has 9 nitrogen and oxygen atoms in total. The topological polar surface area (TPSA) is 126 Å². The molecule has 42 heavy (non-hydrogen) atoms. The molecule has 2 aromatic carbocycles. The van der Waals surface area contributed by atoms with Crippen LogP contribution in [0.25, 0.3) is 0 Å². The second-order valence-electron chi connectivity index (χ2n) is 11.3. The minimum Gasteiger partial charge on any atom is -0.493 e. The minimum atomic E-state index is -1.21. The molecule has 12 heteroatoms. The number of aromatic nitrogens is 1. The Bertz CT molecular complexity index is 1670. The SMILES string of the molecule is COc1cc([C@H]2c3sc(=O)[nH]c3SC3C4CC(C5C(=O)N(C(C)C(=O)O)C(=O)C45)C32)ccc1OCc1ccc(Cl)cc1. The van der Waals surface area contributed by atoms with E-state index in [2.05, 4.69) is 4.98 Å². The number of aliphatic carboxylic acids is 1. The zero-order valence-corrected chi connectivity index (χ0v) is 25.0. The van der Waals surface area contributed by atoms with Gasteiger partial charge in [0.1, 0.15) is 12.6 Å². The van der Waals surface area contributed by atoms with Gasteiger partial charge in [-0.05, 0) is 66.5 Å². The van der Waals surface area contributed by atoms with Crippen molar-refractivity contribution in [1.29, 1.82) is 0 Å². The molecule has 218 valence electrons. The summed E-state index contributed by atoms with van der Waals surface area (Å²) in [5.41, 5.74) is 1.90. The van der Waals surface area contributed by atoms with Crippen LogP contribution in [0.15, 0.2) is 52.3 Å². The van der Waals surface area contributed by atoms with Gasteiger partial charge in [0.25, 0.3) is 0 Å². The van der Waals surface area contributed by atoms with Crippen molar-refractivity contribution >= 4 is 52.5 Å². The molecule has 0 spiro atoms. The molecule has 3 aromatic rings. The average molecular weight is 627 g/mol. The number of nitrogens with zero attached hydrogens (tertiary/aromatic N) is 1. The number of carbonyl (C=O) groups is 3. The fraction of sp³-hybridized carbons (Fsp3) is 0.400. The van der Waals surface area contributed by atoms with E-state index in [1.165, 1.54) is 18.3 Å². The Morgan fingerprint density at radius 2 is 1.81 bits per heavy atom. The average Bonchev–Trinajstić information content (AvgIpc) is 3.71. The Hall–Kier alpha value is -3.28. The van der Waals surface area contributed by atoms with Crippen LogP contribution in [0.4, 0.5) is 0 Å². The molecule has 7 unspecified atom stereocenters. The number of hydrogen-bond donors (Lipinski definition) is 2. The van der Waals surface area contributed by atoms with E-state index >= 15 is 0 Å². The molecule has 0 radical (unpaired) electrons. The standard InChI is InChI=1S/C30H27ClN2O7S2/c1-12(29(36)37)33-27(34)22-16-10-17(23(22)28(33)35)24-21(16)20(25-26(41-24)32-30(38)42-25)14-5-8-18(19(9-14)39-2)40-11-13-3-6-15(31)7-4-13/h3-9,12,16-17,20-24H,10-11H2,1-2H3,(H,32,38)(H,36,37)/t12?,16?,17?,20-,21?,22?,23?,24?/m1/s1. The van der Waals surface area contributed by atoms with Gasteiger partial charge in [0.15, 0.2) is 11.5 Å². The van der Waals surface area contributed by atoms with E-state index in [9.17, 15) is 24.3 Å². The monoisotopic (exact) mass is 626 g/mol. The molecule has 2 amide bonds. The van der Waals surface area contributed by atoms with Gasteiger partial charge in [0.2, 0.25) is 11.8 Å². The molecule has 2 saturated carbocycles. The predicted molar refractivity (Wildman–Crippen MR) is 156 cm³/mol. The number of ether oxygens (including phenoxy) is 2. The Labute approximate surface area is 254 Å². The molecule has 1 aromatic heterocycles. The van der Waals surface area contributed by atoms with Crippen LogP contribution in [0, 0.1) is 29.6 Å². The van der Waals surface area contributed by atoms with Crippen LogP contribution in [0.2, 0.25) is 5.02 Å². The Balaban J connectivity index is 1.24. The summed E-state index contributed by atoms with van der Waals surface area (Å²) < 4.78 is 11.8. The summed E-state index contributed by atoms with van der Waals surface area (Å²) >= 11 is 8.77. The largest absolute Gasteiger partial charge is 0.493 e. The number of benzene rings is 2. The van der Waals surface area contributed by atoms with Gasteiger partial charge in [-0.1, -0.05) is 41.1 Å². The van der Waals surface area contributed by atoms with Gasteiger partial charge in [-0.15, -0.1) is 11.8 Å². The first-order chi connectivity index (χ1) is 20.2. The number of carboxylic acids is 1. The molecule has 4 aliphatic rings. The molecular formula is C30H27ClN2O7S2. The lowest BCUT2D eigenvalue weighted by Gasteiger charge is -2.43. The molecule has 2 bridgehead atoms. The number of thiazole rings is 1. The highest BCUT2D eigenvalue weighted by Gasteiger charge is 2.70. The third-order valence-corrected chi connectivity index (χ3v) is 12.2. The van der Waals surface area contributed by atoms with E-state index in [0.29, 0.717) is 23.1 Å². The van der Waals surface area contributed by atoms with Crippen LogP contribution < -0.4 is 14.3 Å². The summed E-state index contributed by atoms with van der Waals surface area (Å²) in [7, 11) is 1.58. The number of carboxylic acid groups (broad SMARTS) is 1. The molecular weight excluding hydrogens is 600 g/mol. The summed E-state index contributed by atoms with van der Waals surface area (Å²) in [4.78, 5) is 56.1. The number of rotatable bonds is 7. The van der Waals surface area contributed by atoms with E-state index in [1.54, 1.807) is 18.9 Å². The number of amides is 2. The minimum absolute atomic E-state index is 0.00246. The third-order valence-electron chi connectivity index (χ3n) is 9.36. The summed E-state index contributed by atoms with van der Waals surface area (Å²) in [6.07, 6.45) is 0.722. The van der Waals surface area contributed by atoms with Gasteiger partial charge in [-0.3, -0.25) is 19.3 Å². The van der Waals surface area contributed by atoms with Crippen LogP contribution in [-0.2, 0) is 21.0 Å². The quantitative estimate of drug-likeness (QED) is 0.364. The number of carbonyl (C=O) groups excluding carboxylic acids is 2. The molecule has 1 saturated heterocycles. The molecule has 2 N–H and O–H groups in total. The van der Waals surface area contributed by atoms with Gasteiger partial charge in [-0.25, -0.2) is 4.79 Å². The number of fused-ring (bicyclic) bond motifs is 9. The van der Waals surface area contributed by atoms with Crippen molar-refractivity contribution in [1.82, 2.24) is 9.88 Å². The van der Waals surface area contributed by atoms with Crippen molar-refractivity contribution in [3.8, 4) is 11.5 Å². The highest BCUT2D eigenvalue weighted by Crippen LogP contribution is 2.68. The van der Waals surface area contributed by atoms with Crippen LogP contribution in [0.5, 0.6) is 11.5 Å². The molecule has 2 aliphatic heterocycles. The van der Waals surface area contributed by atoms with Crippen LogP contribution >= 0.6 is 34.7 Å². The van der Waals surface area contributed by atoms with E-state index in [-0.39, 0.29) is 45.6 Å². The lowest BCUT2D eigenvalue weighted by molar-refractivity contribution is -0.154. The smallest absolute Gasteiger partial charge is 0.326 e. The highest BCUT2D eigenvalue weighted by atomic mass is 35.5. The number of likely N-dealkylation sites (tertiary alicyclic amines) is 1. The number of imide groups is 1. The first-order valence-electron chi connectivity index (χ1n) is 13.7. The maximum absolute atomic E-state index is 13.6. The fourth-order valence-electron chi connectivity index (χ4n) is 7.64. The van der Waals surface area contributed by atoms with Crippen LogP contribution in [0.1, 0.15) is 35.3 Å². The Morgan fingerprint density at radius 1 is 1.10 bits per heavy atom. The van der Waals surface area contributed by atoms with Crippen molar-refractivity contribution < 1.29 is 29.0 Å². The molecule has 7 rings (SSSR count). The zero-order chi connectivity index (χ0) is 29.4. The van der Waals surface area contributed by atoms with Gasteiger partial charge < -0.3 is 19.6 Å². The predicted octanol–water partition coefficient (Wildman–Crippen LogP) is 4.62. The van der Waals surface area contributed by atoms with E-state index in [1.807, 2.05) is 42.5 Å². The maximum Gasteiger partial charge on any atom is 0.326 e. The second kappa shape index (κ2) is 10.2. The van der Waals surface area contributed by atoms with Crippen molar-refractivity contribution in [2.45, 2.75) is 42.2 Å². The summed E-state index contributed by atoms with van der Waals surface area (Å²) in [6.45, 7) is 1.71. The number of aromatic amines is 1. The van der Waals surface area contributed by atoms with Crippen LogP contribution in [0.3, 0.4) is 0 Å². The van der Waals surface area contributed by atoms with Gasteiger partial charge in [0, 0.05) is 21.1 Å². The molecule has 8 atom stereocenters. The van der Waals surface area contributed by atoms with Crippen molar-refractivity contribution in [2.24, 2.45) is 29.6 Å². The van der Waals surface area contributed by atoms with Gasteiger partial charge in [0.05, 0.1) is 24.0 Å². The first kappa shape index (κ1) is 27.5. The van der Waals surface area contributed by atoms with E-state index in [0.717, 1.165) is 32.4 Å². The molecule has 3 fully saturated rings. The summed E-state index contributed by atoms with van der Waals surface area (Å²) in [6, 6.07) is 12.0. The lowest BCUT2D eigenvalue weighted by atomic mass is 9.68. The van der Waals surface area contributed by atoms with Gasteiger partial charge in [-0.2, -0.15) is 0 Å². The summed E-state index contributed by atoms with van der Waals surface area (Å²) in [5, 5.41) is 11.0. The number of hydrogen-bond acceptors (Lipinski definition) is 8. The zero-order valence-electron chi connectivity index (χ0n) is 22.6. The van der Waals surface area contributed by atoms with E-state index in [4.69, 9.17) is 21.1 Å². The third kappa shape index (κ3) is 4.11. The van der Waals surface area contributed by atoms with Crippen molar-refractivity contribution in [2.75, 3.05) is 7.11 Å². The highest BCUT2D eigenvalue weighted by molar-refractivity contribution is 8.00. The summed E-state index contributed by atoms with van der Waals surface area (Å²) in [5.74, 6) is -2.30. The number of thioether (sulfide) groups is 1. The number of nitrogens with one attached hydrogen (secondary N) is 1. The van der Waals surface area contributed by atoms with Gasteiger partial charge >= 0.3 is 10.8 Å². The molecule has 2 aliphatic carbocycles. The van der Waals surface area contributed by atoms with E-state index < -0.39 is 23.8 Å².